The summed E-state index contributed by atoms with van der Waals surface area (Å²) in [4.78, 5) is 11.8. The summed E-state index contributed by atoms with van der Waals surface area (Å²) in [5.41, 5.74) is -0.390. The van der Waals surface area contributed by atoms with Gasteiger partial charge in [0, 0.05) is 19.8 Å². The predicted octanol–water partition coefficient (Wildman–Crippen LogP) is 1.46. The molecule has 0 radical (unpaired) electrons. The van der Waals surface area contributed by atoms with E-state index in [2.05, 4.69) is 5.32 Å². The average Bonchev–Trinajstić information content (AvgIpc) is 2.43. The Morgan fingerprint density at radius 3 is 1.90 bits per heavy atom. The molecule has 8 heteroatoms. The van der Waals surface area contributed by atoms with Crippen molar-refractivity contribution in [2.45, 2.75) is 52.8 Å². The Balaban J connectivity index is 4.89. The van der Waals surface area contributed by atoms with Crippen molar-refractivity contribution >= 4 is 14.9 Å². The molecule has 0 fully saturated rings. The van der Waals surface area contributed by atoms with Crippen LogP contribution in [0.1, 0.15) is 41.0 Å². The summed E-state index contributed by atoms with van der Waals surface area (Å²) >= 11 is 0. The Labute approximate surface area is 128 Å². The number of carbonyl (C=O) groups excluding carboxylic acids is 1. The maximum atomic E-state index is 11.8. The molecule has 0 aliphatic rings. The second kappa shape index (κ2) is 11.0. The van der Waals surface area contributed by atoms with Gasteiger partial charge in [0.1, 0.15) is 12.3 Å². The van der Waals surface area contributed by atoms with Gasteiger partial charge in [-0.15, -0.1) is 0 Å². The van der Waals surface area contributed by atoms with Crippen molar-refractivity contribution in [1.29, 1.82) is 0 Å². The summed E-state index contributed by atoms with van der Waals surface area (Å²) in [5.74, 6) is 0. The number of aliphatic hydroxyl groups excluding tert-OH is 1. The van der Waals surface area contributed by atoms with Gasteiger partial charge in [-0.05, 0) is 34.1 Å². The second-order valence-electron chi connectivity index (χ2n) is 4.46. The summed E-state index contributed by atoms with van der Waals surface area (Å²) in [6.07, 6.45) is -0.724. The van der Waals surface area contributed by atoms with E-state index >= 15 is 0 Å². The zero-order valence-corrected chi connectivity index (χ0v) is 14.7. The highest BCUT2D eigenvalue weighted by Crippen LogP contribution is 2.18. The van der Waals surface area contributed by atoms with Crippen molar-refractivity contribution in [3.05, 3.63) is 0 Å². The van der Waals surface area contributed by atoms with E-state index in [9.17, 15) is 4.79 Å². The summed E-state index contributed by atoms with van der Waals surface area (Å²) in [6.45, 7) is 10.3. The van der Waals surface area contributed by atoms with Gasteiger partial charge in [-0.3, -0.25) is 0 Å². The minimum absolute atomic E-state index is 0.0608. The maximum Gasteiger partial charge on any atom is 0.524 e. The van der Waals surface area contributed by atoms with Crippen molar-refractivity contribution in [2.75, 3.05) is 26.4 Å². The SMILES string of the molecule is CCO[Si](OCC)(OCC)C(CC)NC(=O)OCC(C)O. The molecule has 0 aromatic heterocycles. The highest BCUT2D eigenvalue weighted by molar-refractivity contribution is 6.62. The lowest BCUT2D eigenvalue weighted by Crippen LogP contribution is -2.63. The van der Waals surface area contributed by atoms with Crippen LogP contribution in [0.2, 0.25) is 0 Å². The number of ether oxygens (including phenoxy) is 1. The number of aliphatic hydroxyl groups is 1. The van der Waals surface area contributed by atoms with E-state index in [0.717, 1.165) is 0 Å². The zero-order chi connectivity index (χ0) is 16.3. The average molecular weight is 323 g/mol. The first kappa shape index (κ1) is 20.3. The van der Waals surface area contributed by atoms with Gasteiger partial charge < -0.3 is 28.4 Å². The highest BCUT2D eigenvalue weighted by Gasteiger charge is 2.49. The lowest BCUT2D eigenvalue weighted by molar-refractivity contribution is 0.0507. The molecule has 2 N–H and O–H groups in total. The van der Waals surface area contributed by atoms with Crippen molar-refractivity contribution in [3.8, 4) is 0 Å². The third-order valence-electron chi connectivity index (χ3n) is 2.62. The molecule has 0 saturated heterocycles. The predicted molar refractivity (Wildman–Crippen MR) is 80.9 cm³/mol. The molecule has 0 aromatic rings. The van der Waals surface area contributed by atoms with Crippen LogP contribution in [0.25, 0.3) is 0 Å². The van der Waals surface area contributed by atoms with Gasteiger partial charge in [0.25, 0.3) is 0 Å². The topological polar surface area (TPSA) is 86.2 Å². The normalized spacial score (nSPS) is 14.6. The molecule has 0 bridgehead atoms. The van der Waals surface area contributed by atoms with Crippen molar-refractivity contribution in [3.63, 3.8) is 0 Å². The molecule has 126 valence electrons. The first-order valence-electron chi connectivity index (χ1n) is 7.48. The van der Waals surface area contributed by atoms with Crippen LogP contribution in [0, 0.1) is 0 Å². The van der Waals surface area contributed by atoms with Crippen LogP contribution in [0.3, 0.4) is 0 Å². The van der Waals surface area contributed by atoms with Crippen LogP contribution in [-0.4, -0.2) is 58.2 Å². The van der Waals surface area contributed by atoms with Crippen LogP contribution in [0.5, 0.6) is 0 Å². The Bertz CT molecular complexity index is 273. The molecule has 0 spiro atoms. The monoisotopic (exact) mass is 323 g/mol. The summed E-state index contributed by atoms with van der Waals surface area (Å²) in [6, 6.07) is 0. The number of hydrogen-bond donors (Lipinski definition) is 2. The number of carbonyl (C=O) groups is 1. The van der Waals surface area contributed by atoms with E-state index in [1.165, 1.54) is 0 Å². The van der Waals surface area contributed by atoms with Gasteiger partial charge in [0.15, 0.2) is 0 Å². The molecule has 7 nitrogen and oxygen atoms in total. The molecule has 0 saturated carbocycles. The molecule has 2 unspecified atom stereocenters. The fourth-order valence-corrected chi connectivity index (χ4v) is 4.71. The fourth-order valence-electron chi connectivity index (χ4n) is 1.85. The molecule has 0 rings (SSSR count). The molecule has 1 amide bonds. The van der Waals surface area contributed by atoms with Gasteiger partial charge in [0.2, 0.25) is 0 Å². The molecular weight excluding hydrogens is 294 g/mol. The van der Waals surface area contributed by atoms with E-state index in [1.807, 2.05) is 27.7 Å². The number of nitrogens with one attached hydrogen (secondary N) is 1. The van der Waals surface area contributed by atoms with Crippen LogP contribution < -0.4 is 5.32 Å². The van der Waals surface area contributed by atoms with E-state index in [4.69, 9.17) is 23.1 Å². The molecule has 21 heavy (non-hydrogen) atoms. The largest absolute Gasteiger partial charge is 0.524 e. The minimum atomic E-state index is -3.02. The number of rotatable bonds is 11. The van der Waals surface area contributed by atoms with Crippen LogP contribution >= 0.6 is 0 Å². The Morgan fingerprint density at radius 2 is 1.57 bits per heavy atom. The standard InChI is InChI=1S/C13H29NO6Si/c1-6-12(14-13(16)17-10-11(5)15)21(18-7-2,19-8-3)20-9-4/h11-12,15H,6-10H2,1-5H3,(H,14,16). The van der Waals surface area contributed by atoms with Crippen molar-refractivity contribution in [2.24, 2.45) is 0 Å². The van der Waals surface area contributed by atoms with Crippen LogP contribution in [-0.2, 0) is 18.0 Å². The smallest absolute Gasteiger partial charge is 0.447 e. The minimum Gasteiger partial charge on any atom is -0.447 e. The van der Waals surface area contributed by atoms with Crippen molar-refractivity contribution in [1.82, 2.24) is 5.32 Å². The summed E-state index contributed by atoms with van der Waals surface area (Å²) in [5, 5.41) is 11.9. The third-order valence-corrected chi connectivity index (χ3v) is 6.10. The molecule has 0 aliphatic carbocycles. The van der Waals surface area contributed by atoms with Gasteiger partial charge in [0.05, 0.1) is 6.10 Å². The number of amides is 1. The van der Waals surface area contributed by atoms with Crippen molar-refractivity contribution < 1.29 is 27.9 Å². The Hall–Kier alpha value is -0.673. The van der Waals surface area contributed by atoms with E-state index < -0.39 is 21.0 Å². The molecule has 0 aromatic carbocycles. The molecule has 0 heterocycles. The quantitative estimate of drug-likeness (QED) is 0.560. The number of alkyl carbamates (subject to hydrolysis) is 1. The van der Waals surface area contributed by atoms with Crippen LogP contribution in [0.15, 0.2) is 0 Å². The zero-order valence-electron chi connectivity index (χ0n) is 13.7. The van der Waals surface area contributed by atoms with E-state index in [0.29, 0.717) is 26.2 Å². The second-order valence-corrected chi connectivity index (χ2v) is 7.23. The number of hydrogen-bond acceptors (Lipinski definition) is 6. The first-order valence-corrected chi connectivity index (χ1v) is 9.29. The Morgan fingerprint density at radius 1 is 1.10 bits per heavy atom. The highest BCUT2D eigenvalue weighted by atomic mass is 28.4. The lowest BCUT2D eigenvalue weighted by Gasteiger charge is -2.34. The van der Waals surface area contributed by atoms with Crippen LogP contribution in [0.4, 0.5) is 4.79 Å². The summed E-state index contributed by atoms with van der Waals surface area (Å²) in [7, 11) is -3.02. The van der Waals surface area contributed by atoms with E-state index in [1.54, 1.807) is 6.92 Å². The van der Waals surface area contributed by atoms with Gasteiger partial charge in [-0.25, -0.2) is 4.79 Å². The molecule has 0 aliphatic heterocycles. The maximum absolute atomic E-state index is 11.8. The molecular formula is C13H29NO6Si. The van der Waals surface area contributed by atoms with Gasteiger partial charge >= 0.3 is 14.9 Å². The fraction of sp³-hybridized carbons (Fsp3) is 0.923. The van der Waals surface area contributed by atoms with Gasteiger partial charge in [-0.1, -0.05) is 6.92 Å². The third kappa shape index (κ3) is 7.23. The summed E-state index contributed by atoms with van der Waals surface area (Å²) < 4.78 is 22.2. The molecule has 2 atom stereocenters. The first-order chi connectivity index (χ1) is 9.95. The van der Waals surface area contributed by atoms with E-state index in [-0.39, 0.29) is 12.3 Å². The van der Waals surface area contributed by atoms with Gasteiger partial charge in [-0.2, -0.15) is 0 Å². The Kier molecular flexibility index (Phi) is 10.6. The lowest BCUT2D eigenvalue weighted by atomic mass is 10.4.